The second-order valence-corrected chi connectivity index (χ2v) is 0.577. The second-order valence-electron chi connectivity index (χ2n) is 0.577. The van der Waals surface area contributed by atoms with Crippen LogP contribution in [0.25, 0.3) is 0 Å². The first-order chi connectivity index (χ1) is 1.91. The summed E-state index contributed by atoms with van der Waals surface area (Å²) in [5.74, 6) is 0. The molecule has 0 aromatic carbocycles. The van der Waals surface area contributed by atoms with E-state index >= 15 is 0 Å². The fraction of sp³-hybridized carbons (Fsp3) is 1.00. The maximum atomic E-state index is 4.54. The Morgan fingerprint density at radius 3 is 1.80 bits per heavy atom. The van der Waals surface area contributed by atoms with Crippen molar-refractivity contribution in [3.63, 3.8) is 0 Å². The maximum Gasteiger partial charge on any atom is 0.0433 e. The molecule has 0 bridgehead atoms. The minimum Gasteiger partial charge on any atom is -0.385 e. The Morgan fingerprint density at radius 1 is 1.60 bits per heavy atom. The predicted octanol–water partition coefficient (Wildman–Crippen LogP) is 1.29. The Balaban J connectivity index is 0. The van der Waals surface area contributed by atoms with Gasteiger partial charge in [-0.15, -0.1) is 0 Å². The lowest BCUT2D eigenvalue weighted by molar-refractivity contribution is 0.215. The van der Waals surface area contributed by atoms with Crippen LogP contribution in [-0.2, 0) is 4.74 Å². The Hall–Kier alpha value is -0.0400. The predicted molar refractivity (Wildman–Crippen MR) is 24.3 cm³/mol. The molecule has 0 saturated carbocycles. The van der Waals surface area contributed by atoms with E-state index < -0.39 is 0 Å². The van der Waals surface area contributed by atoms with Crippen molar-refractivity contribution in [1.82, 2.24) is 0 Å². The fourth-order valence-electron chi connectivity index (χ4n) is 0. The number of hydrogen-bond donors (Lipinski definition) is 0. The van der Waals surface area contributed by atoms with Gasteiger partial charge in [0, 0.05) is 13.7 Å². The minimum absolute atomic E-state index is 0. The SMILES string of the molecule is C.CCOC. The molecule has 0 saturated heterocycles. The van der Waals surface area contributed by atoms with Crippen molar-refractivity contribution >= 4 is 0 Å². The summed E-state index contributed by atoms with van der Waals surface area (Å²) in [7, 11) is 1.68. The highest BCUT2D eigenvalue weighted by molar-refractivity contribution is 3.94. The number of methoxy groups -OCH3 is 1. The third kappa shape index (κ3) is 16.5. The fourth-order valence-corrected chi connectivity index (χ4v) is 0. The lowest BCUT2D eigenvalue weighted by Crippen LogP contribution is -1.73. The average Bonchev–Trinajstić information content (AvgIpc) is 1.37. The molecule has 1 nitrogen and oxygen atoms in total. The Labute approximate surface area is 34.0 Å². The molecular weight excluding hydrogens is 64.0 g/mol. The van der Waals surface area contributed by atoms with Crippen molar-refractivity contribution in [3.05, 3.63) is 0 Å². The molecule has 0 rings (SSSR count). The quantitative estimate of drug-likeness (QED) is 0.457. The molecule has 1 heteroatoms. The third-order valence-corrected chi connectivity index (χ3v) is 0.289. The van der Waals surface area contributed by atoms with E-state index in [9.17, 15) is 0 Å². The van der Waals surface area contributed by atoms with Crippen molar-refractivity contribution in [2.45, 2.75) is 14.4 Å². The van der Waals surface area contributed by atoms with Crippen LogP contribution in [0, 0.1) is 0 Å². The van der Waals surface area contributed by atoms with Crippen LogP contribution in [0.15, 0.2) is 0 Å². The first kappa shape index (κ1) is 8.88. The third-order valence-electron chi connectivity index (χ3n) is 0.289. The van der Waals surface area contributed by atoms with Crippen molar-refractivity contribution in [2.75, 3.05) is 13.7 Å². The molecule has 0 N–H and O–H groups in total. The van der Waals surface area contributed by atoms with E-state index in [0.29, 0.717) is 0 Å². The van der Waals surface area contributed by atoms with Crippen molar-refractivity contribution < 1.29 is 4.74 Å². The van der Waals surface area contributed by atoms with Gasteiger partial charge in [0.05, 0.1) is 0 Å². The molecule has 34 valence electrons. The van der Waals surface area contributed by atoms with Crippen LogP contribution >= 0.6 is 0 Å². The van der Waals surface area contributed by atoms with E-state index in [4.69, 9.17) is 0 Å². The molecular formula is C4H12O. The highest BCUT2D eigenvalue weighted by Gasteiger charge is 1.51. The molecule has 0 fully saturated rings. The van der Waals surface area contributed by atoms with Crippen LogP contribution in [-0.4, -0.2) is 13.7 Å². The molecule has 0 amide bonds. The van der Waals surface area contributed by atoms with E-state index in [0.717, 1.165) is 6.61 Å². The molecule has 0 aliphatic rings. The molecule has 5 heavy (non-hydrogen) atoms. The second kappa shape index (κ2) is 9.03. The number of ether oxygens (including phenoxy) is 1. The zero-order valence-corrected chi connectivity index (χ0v) is 3.12. The lowest BCUT2D eigenvalue weighted by atomic mass is 10.9. The van der Waals surface area contributed by atoms with E-state index in [2.05, 4.69) is 4.74 Å². The summed E-state index contributed by atoms with van der Waals surface area (Å²) in [6, 6.07) is 0. The van der Waals surface area contributed by atoms with Gasteiger partial charge < -0.3 is 4.74 Å². The molecule has 0 atom stereocenters. The Morgan fingerprint density at radius 2 is 1.80 bits per heavy atom. The molecule has 0 aromatic rings. The standard InChI is InChI=1S/C3H8O.CH4/c1-3-4-2;/h3H2,1-2H3;1H4. The van der Waals surface area contributed by atoms with Crippen molar-refractivity contribution in [2.24, 2.45) is 0 Å². The van der Waals surface area contributed by atoms with Gasteiger partial charge in [0.2, 0.25) is 0 Å². The molecule has 0 heterocycles. The van der Waals surface area contributed by atoms with Crippen LogP contribution in [0.2, 0.25) is 0 Å². The van der Waals surface area contributed by atoms with E-state index in [1.807, 2.05) is 6.92 Å². The first-order valence-electron chi connectivity index (χ1n) is 1.40. The average molecular weight is 76.1 g/mol. The van der Waals surface area contributed by atoms with Crippen molar-refractivity contribution in [1.29, 1.82) is 0 Å². The molecule has 0 unspecified atom stereocenters. The van der Waals surface area contributed by atoms with Gasteiger partial charge in [0.25, 0.3) is 0 Å². The van der Waals surface area contributed by atoms with Crippen LogP contribution in [0.3, 0.4) is 0 Å². The summed E-state index contributed by atoms with van der Waals surface area (Å²) < 4.78 is 4.54. The highest BCUT2D eigenvalue weighted by atomic mass is 16.5. The van der Waals surface area contributed by atoms with E-state index in [-0.39, 0.29) is 7.43 Å². The molecule has 0 aliphatic carbocycles. The van der Waals surface area contributed by atoms with Crippen LogP contribution in [0.1, 0.15) is 14.4 Å². The zero-order valence-electron chi connectivity index (χ0n) is 3.12. The van der Waals surface area contributed by atoms with Crippen molar-refractivity contribution in [3.8, 4) is 0 Å². The first-order valence-corrected chi connectivity index (χ1v) is 1.40. The van der Waals surface area contributed by atoms with E-state index in [1.54, 1.807) is 7.11 Å². The highest BCUT2D eigenvalue weighted by Crippen LogP contribution is 1.52. The maximum absolute atomic E-state index is 4.54. The van der Waals surface area contributed by atoms with Gasteiger partial charge in [-0.25, -0.2) is 0 Å². The van der Waals surface area contributed by atoms with Crippen LogP contribution in [0.5, 0.6) is 0 Å². The molecule has 0 aromatic heterocycles. The van der Waals surface area contributed by atoms with Gasteiger partial charge in [-0.3, -0.25) is 0 Å². The summed E-state index contributed by atoms with van der Waals surface area (Å²) in [5.41, 5.74) is 0. The van der Waals surface area contributed by atoms with Crippen LogP contribution < -0.4 is 0 Å². The van der Waals surface area contributed by atoms with Gasteiger partial charge in [-0.1, -0.05) is 7.43 Å². The Kier molecular flexibility index (Phi) is 16.0. The van der Waals surface area contributed by atoms with Gasteiger partial charge in [-0.2, -0.15) is 0 Å². The summed E-state index contributed by atoms with van der Waals surface area (Å²) in [5, 5.41) is 0. The number of rotatable bonds is 1. The Bertz CT molecular complexity index is 5.61. The normalized spacial score (nSPS) is 6.00. The van der Waals surface area contributed by atoms with Gasteiger partial charge >= 0.3 is 0 Å². The van der Waals surface area contributed by atoms with Gasteiger partial charge in [0.15, 0.2) is 0 Å². The summed E-state index contributed by atoms with van der Waals surface area (Å²) in [6.45, 7) is 2.78. The topological polar surface area (TPSA) is 9.23 Å². The summed E-state index contributed by atoms with van der Waals surface area (Å²) in [6.07, 6.45) is 0. The molecule has 0 radical (unpaired) electrons. The summed E-state index contributed by atoms with van der Waals surface area (Å²) in [4.78, 5) is 0. The largest absolute Gasteiger partial charge is 0.385 e. The zero-order chi connectivity index (χ0) is 3.41. The van der Waals surface area contributed by atoms with Gasteiger partial charge in [-0.05, 0) is 6.92 Å². The smallest absolute Gasteiger partial charge is 0.0433 e. The van der Waals surface area contributed by atoms with Crippen LogP contribution in [0.4, 0.5) is 0 Å². The lowest BCUT2D eigenvalue weighted by Gasteiger charge is -1.76. The molecule has 0 spiro atoms. The summed E-state index contributed by atoms with van der Waals surface area (Å²) >= 11 is 0. The van der Waals surface area contributed by atoms with Gasteiger partial charge in [0.1, 0.15) is 0 Å². The monoisotopic (exact) mass is 76.1 g/mol. The molecule has 0 aliphatic heterocycles. The minimum atomic E-state index is 0. The number of hydrogen-bond acceptors (Lipinski definition) is 1. The van der Waals surface area contributed by atoms with E-state index in [1.165, 1.54) is 0 Å².